The summed E-state index contributed by atoms with van der Waals surface area (Å²) in [5.41, 5.74) is 5.29. The van der Waals surface area contributed by atoms with E-state index in [0.29, 0.717) is 91.5 Å². The van der Waals surface area contributed by atoms with Gasteiger partial charge in [0.05, 0.1) is 24.7 Å². The van der Waals surface area contributed by atoms with Crippen molar-refractivity contribution < 1.29 is 26.7 Å². The normalized spacial score (nSPS) is 33.3. The number of amides is 2. The van der Waals surface area contributed by atoms with Gasteiger partial charge in [-0.05, 0) is 98.1 Å². The van der Waals surface area contributed by atoms with E-state index in [2.05, 4.69) is 63.6 Å². The first-order valence-electron chi connectivity index (χ1n) is 21.2. The fourth-order valence-corrected chi connectivity index (χ4v) is 14.3. The Bertz CT molecular complexity index is 2330. The zero-order valence-electron chi connectivity index (χ0n) is 33.8. The maximum atomic E-state index is 14.5. The molecule has 316 valence electrons. The number of aliphatic hydroxyl groups is 1. The van der Waals surface area contributed by atoms with E-state index in [1.807, 2.05) is 23.1 Å². The number of anilines is 3. The number of halogens is 1. The lowest BCUT2D eigenvalue weighted by Gasteiger charge is -2.58. The third-order valence-corrected chi connectivity index (χ3v) is 17.8. The van der Waals surface area contributed by atoms with Gasteiger partial charge in [0.2, 0.25) is 20.0 Å². The lowest BCUT2D eigenvalue weighted by Crippen LogP contribution is -2.63. The van der Waals surface area contributed by atoms with Gasteiger partial charge in [0.25, 0.3) is 0 Å². The van der Waals surface area contributed by atoms with Gasteiger partial charge in [0, 0.05) is 105 Å². The first kappa shape index (κ1) is 39.7. The van der Waals surface area contributed by atoms with Gasteiger partial charge in [-0.3, -0.25) is 4.90 Å². The number of quaternary nitrogens is 1. The Labute approximate surface area is 353 Å². The first-order valence-corrected chi connectivity index (χ1v) is 25.2. The number of carbonyl (C=O) groups excluding carboxylic acids is 1. The van der Waals surface area contributed by atoms with Crippen LogP contribution in [0.2, 0.25) is 5.02 Å². The Hall–Kier alpha value is -3.44. The molecule has 4 saturated carbocycles. The monoisotopic (exact) mass is 864 g/mol. The van der Waals surface area contributed by atoms with Crippen LogP contribution >= 0.6 is 11.6 Å². The number of hydrogen-bond acceptors (Lipinski definition) is 8. The number of fused-ring (bicyclic) bond motifs is 2. The number of urea groups is 1. The molecule has 59 heavy (non-hydrogen) atoms. The average molecular weight is 866 g/mol. The van der Waals surface area contributed by atoms with Gasteiger partial charge in [-0.2, -0.15) is 4.31 Å². The molecule has 4 heterocycles. The van der Waals surface area contributed by atoms with Crippen LogP contribution < -0.4 is 24.5 Å². The van der Waals surface area contributed by atoms with Crippen LogP contribution in [0.4, 0.5) is 38.9 Å². The lowest BCUT2D eigenvalue weighted by atomic mass is 9.52. The van der Waals surface area contributed by atoms with E-state index >= 15 is 0 Å². The highest BCUT2D eigenvalue weighted by molar-refractivity contribution is 7.88. The molecular formula is C43H55ClN7O6S2+. The van der Waals surface area contributed by atoms with Gasteiger partial charge in [-0.15, -0.1) is 0 Å². The molecule has 5 unspecified atom stereocenters. The molecule has 13 nitrogen and oxygen atoms in total. The van der Waals surface area contributed by atoms with Crippen LogP contribution in [0.15, 0.2) is 66.7 Å². The molecule has 4 aliphatic heterocycles. The Balaban J connectivity index is 0.973. The lowest BCUT2D eigenvalue weighted by molar-refractivity contribution is -0.136. The highest BCUT2D eigenvalue weighted by Gasteiger charge is 2.56. The minimum absolute atomic E-state index is 0.0511. The van der Waals surface area contributed by atoms with E-state index in [1.54, 1.807) is 4.31 Å². The number of hydrogen-bond donors (Lipinski definition) is 2. The van der Waals surface area contributed by atoms with Crippen molar-refractivity contribution in [2.45, 2.75) is 43.7 Å². The summed E-state index contributed by atoms with van der Waals surface area (Å²) >= 11 is 6.87. The smallest absolute Gasteiger partial charge is 0.322 e. The first-order chi connectivity index (χ1) is 28.1. The molecule has 4 aliphatic carbocycles. The molecule has 0 radical (unpaired) electrons. The molecule has 0 aromatic heterocycles. The molecule has 0 spiro atoms. The van der Waals surface area contributed by atoms with Crippen molar-refractivity contribution in [2.75, 3.05) is 92.7 Å². The van der Waals surface area contributed by atoms with Crippen LogP contribution in [-0.4, -0.2) is 126 Å². The number of rotatable bonds is 7. The fourth-order valence-electron chi connectivity index (χ4n) is 12.4. The molecule has 8 aliphatic rings. The summed E-state index contributed by atoms with van der Waals surface area (Å²) in [4.78, 5) is 21.0. The number of benzene rings is 3. The summed E-state index contributed by atoms with van der Waals surface area (Å²) in [6, 6.07) is 23.0. The fraction of sp³-hybridized carbons (Fsp3) is 0.558. The van der Waals surface area contributed by atoms with Crippen molar-refractivity contribution in [3.63, 3.8) is 0 Å². The Morgan fingerprint density at radius 3 is 1.81 bits per heavy atom. The summed E-state index contributed by atoms with van der Waals surface area (Å²) in [7, 11) is -6.45. The summed E-state index contributed by atoms with van der Waals surface area (Å²) in [6.07, 6.45) is 7.10. The number of piperazine rings is 1. The number of carbonyl (C=O) groups is 1. The molecule has 2 N–H and O–H groups in total. The van der Waals surface area contributed by atoms with Crippen LogP contribution in [0.25, 0.3) is 0 Å². The van der Waals surface area contributed by atoms with Crippen molar-refractivity contribution in [2.24, 2.45) is 29.6 Å². The van der Waals surface area contributed by atoms with Crippen LogP contribution in [0, 0.1) is 29.6 Å². The van der Waals surface area contributed by atoms with Crippen LogP contribution in [0.3, 0.4) is 0 Å². The summed E-state index contributed by atoms with van der Waals surface area (Å²) in [6.45, 7) is 5.83. The Morgan fingerprint density at radius 1 is 0.712 bits per heavy atom. The molecule has 8 atom stereocenters. The summed E-state index contributed by atoms with van der Waals surface area (Å²) in [5, 5.41) is 15.3. The van der Waals surface area contributed by atoms with E-state index in [1.165, 1.54) is 16.8 Å². The number of sulfonamides is 2. The van der Waals surface area contributed by atoms with Gasteiger partial charge in [-0.1, -0.05) is 11.6 Å². The molecule has 3 aromatic rings. The number of nitrogens with zero attached hydrogens (tertiary/aromatic N) is 6. The van der Waals surface area contributed by atoms with Crippen molar-refractivity contribution in [1.29, 1.82) is 0 Å². The SMILES string of the molecule is CS(=O)(=O)N1CCN(c2ccc([N+]3(c4ccc(N5C[C@@H]6CN(S(C)(=O)=O)C[C@H]6C5)cc4)CCN(C(=O)NC4C5CC6C[C@H]4CC(O)(C6)C5)c4ccc(Cl)cc43)cc2)CC1. The van der Waals surface area contributed by atoms with Gasteiger partial charge >= 0.3 is 6.03 Å². The minimum Gasteiger partial charge on any atom is -0.390 e. The van der Waals surface area contributed by atoms with Crippen LogP contribution in [0.5, 0.6) is 0 Å². The van der Waals surface area contributed by atoms with Crippen molar-refractivity contribution in [3.8, 4) is 0 Å². The molecule has 11 rings (SSSR count). The second-order valence-electron chi connectivity index (χ2n) is 18.7. The highest BCUT2D eigenvalue weighted by atomic mass is 35.5. The molecular weight excluding hydrogens is 810 g/mol. The second kappa shape index (κ2) is 14.3. The van der Waals surface area contributed by atoms with E-state index < -0.39 is 25.6 Å². The van der Waals surface area contributed by atoms with Crippen LogP contribution in [-0.2, 0) is 20.0 Å². The summed E-state index contributed by atoms with van der Waals surface area (Å²) in [5.74, 6) is 1.73. The quantitative estimate of drug-likeness (QED) is 0.311. The van der Waals surface area contributed by atoms with Crippen molar-refractivity contribution in [1.82, 2.24) is 18.4 Å². The zero-order valence-corrected chi connectivity index (χ0v) is 36.2. The minimum atomic E-state index is -3.25. The maximum absolute atomic E-state index is 14.5. The van der Waals surface area contributed by atoms with Gasteiger partial charge < -0.3 is 20.2 Å². The van der Waals surface area contributed by atoms with E-state index in [9.17, 15) is 26.7 Å². The van der Waals surface area contributed by atoms with Gasteiger partial charge in [0.15, 0.2) is 5.69 Å². The Kier molecular flexibility index (Phi) is 9.63. The maximum Gasteiger partial charge on any atom is 0.322 e. The van der Waals surface area contributed by atoms with E-state index in [4.69, 9.17) is 11.6 Å². The molecule has 7 fully saturated rings. The zero-order chi connectivity index (χ0) is 41.1. The standard InChI is InChI=1S/C43H54ClN7O6S2/c1-58(54,55)48-15-13-46(14-16-48)35-4-8-37(9-5-35)51(38-10-6-36(7-11-38)47-25-32-27-49(59(2,56)57)28-33(32)26-47)18-17-50(39-12-3-34(44)21-40(39)51)42(52)45-41-30-19-29-20-31(41)24-43(53,22-29)23-30/h3-12,21,29-33,41,53H,13-20,22-28H2,1-2H3/p+1/t29?,30-,31?,32+,33+,41?,43?,51?/m0/s1. The van der Waals surface area contributed by atoms with E-state index in [0.717, 1.165) is 79.3 Å². The van der Waals surface area contributed by atoms with Crippen LogP contribution in [0.1, 0.15) is 32.1 Å². The Morgan fingerprint density at radius 2 is 1.27 bits per heavy atom. The summed E-state index contributed by atoms with van der Waals surface area (Å²) < 4.78 is 52.4. The van der Waals surface area contributed by atoms with E-state index in [-0.39, 0.29) is 12.1 Å². The molecule has 4 bridgehead atoms. The predicted molar refractivity (Wildman–Crippen MR) is 233 cm³/mol. The number of nitrogens with one attached hydrogen (secondary N) is 1. The molecule has 3 aromatic carbocycles. The molecule has 16 heteroatoms. The van der Waals surface area contributed by atoms with Crippen molar-refractivity contribution in [3.05, 3.63) is 71.8 Å². The second-order valence-corrected chi connectivity index (χ2v) is 23.1. The van der Waals surface area contributed by atoms with Crippen molar-refractivity contribution >= 4 is 71.8 Å². The van der Waals surface area contributed by atoms with Gasteiger partial charge in [-0.25, -0.2) is 30.4 Å². The third kappa shape index (κ3) is 7.02. The third-order valence-electron chi connectivity index (χ3n) is 15.0. The largest absolute Gasteiger partial charge is 0.390 e. The molecule has 3 saturated heterocycles. The van der Waals surface area contributed by atoms with Gasteiger partial charge in [0.1, 0.15) is 23.6 Å². The highest BCUT2D eigenvalue weighted by Crippen LogP contribution is 2.56. The topological polar surface area (TPSA) is 134 Å². The molecule has 2 amide bonds. The average Bonchev–Trinajstić information content (AvgIpc) is 3.79. The predicted octanol–water partition coefficient (Wildman–Crippen LogP) is 5.19.